The van der Waals surface area contributed by atoms with Crippen LogP contribution in [0.3, 0.4) is 0 Å². The fourth-order valence-electron chi connectivity index (χ4n) is 2.01. The molecule has 0 aliphatic carbocycles. The number of nitrogen functional groups attached to an aromatic ring is 1. The maximum absolute atomic E-state index is 13.1. The average Bonchev–Trinajstić information content (AvgIpc) is 2.28. The van der Waals surface area contributed by atoms with Gasteiger partial charge in [-0.05, 0) is 36.2 Å². The van der Waals surface area contributed by atoms with E-state index in [0.717, 1.165) is 11.1 Å². The average molecular weight is 246 g/mol. The zero-order valence-electron chi connectivity index (χ0n) is 10.1. The number of aliphatic hydroxyl groups excluding tert-OH is 1. The monoisotopic (exact) mass is 246 g/mol. The van der Waals surface area contributed by atoms with Crippen LogP contribution < -0.4 is 5.73 Å². The van der Waals surface area contributed by atoms with Gasteiger partial charge in [0.2, 0.25) is 0 Å². The Kier molecular flexibility index (Phi) is 3.58. The lowest BCUT2D eigenvalue weighted by Gasteiger charge is -2.15. The molecule has 18 heavy (non-hydrogen) atoms. The first-order valence-electron chi connectivity index (χ1n) is 5.71. The third-order valence-electron chi connectivity index (χ3n) is 2.89. The Morgan fingerprint density at radius 2 is 2.17 bits per heavy atom. The number of rotatable bonds is 3. The Labute approximate surface area is 105 Å². The van der Waals surface area contributed by atoms with Crippen LogP contribution in [0.5, 0.6) is 0 Å². The number of aromatic nitrogens is 1. The normalized spacial score (nSPS) is 12.4. The van der Waals surface area contributed by atoms with Crippen LogP contribution in [0.2, 0.25) is 0 Å². The summed E-state index contributed by atoms with van der Waals surface area (Å²) < 4.78 is 13.1. The summed E-state index contributed by atoms with van der Waals surface area (Å²) in [6.07, 6.45) is 1.14. The van der Waals surface area contributed by atoms with Gasteiger partial charge in [-0.25, -0.2) is 9.37 Å². The van der Waals surface area contributed by atoms with Crippen LogP contribution in [-0.4, -0.2) is 10.1 Å². The zero-order valence-corrected chi connectivity index (χ0v) is 10.1. The summed E-state index contributed by atoms with van der Waals surface area (Å²) in [4.78, 5) is 3.96. The van der Waals surface area contributed by atoms with Crippen molar-refractivity contribution in [3.63, 3.8) is 0 Å². The van der Waals surface area contributed by atoms with Gasteiger partial charge in [0, 0.05) is 18.2 Å². The highest BCUT2D eigenvalue weighted by molar-refractivity contribution is 5.45. The van der Waals surface area contributed by atoms with Crippen molar-refractivity contribution in [3.8, 4) is 0 Å². The van der Waals surface area contributed by atoms with Crippen molar-refractivity contribution < 1.29 is 9.50 Å². The van der Waals surface area contributed by atoms with Crippen molar-refractivity contribution in [2.24, 2.45) is 0 Å². The van der Waals surface area contributed by atoms with E-state index in [1.165, 1.54) is 12.1 Å². The van der Waals surface area contributed by atoms with Crippen molar-refractivity contribution in [3.05, 3.63) is 59.0 Å². The highest BCUT2D eigenvalue weighted by atomic mass is 19.1. The molecule has 1 aromatic carbocycles. The number of aliphatic hydroxyl groups is 1. The molecule has 0 spiro atoms. The molecule has 2 aromatic rings. The Morgan fingerprint density at radius 1 is 1.39 bits per heavy atom. The standard InChI is InChI=1S/C14H15FN2O/c1-9-5-6-17-14(16)13(9)12(18)8-10-3-2-4-11(15)7-10/h2-7,12,18H,8H2,1H3,(H2,16,17). The summed E-state index contributed by atoms with van der Waals surface area (Å²) in [7, 11) is 0. The zero-order chi connectivity index (χ0) is 13.1. The van der Waals surface area contributed by atoms with Crippen LogP contribution >= 0.6 is 0 Å². The first kappa shape index (κ1) is 12.5. The summed E-state index contributed by atoms with van der Waals surface area (Å²) in [5.41, 5.74) is 7.98. The third kappa shape index (κ3) is 2.65. The van der Waals surface area contributed by atoms with E-state index in [-0.39, 0.29) is 5.82 Å². The Balaban J connectivity index is 2.25. The van der Waals surface area contributed by atoms with E-state index in [2.05, 4.69) is 4.98 Å². The van der Waals surface area contributed by atoms with Gasteiger partial charge in [-0.2, -0.15) is 0 Å². The molecule has 0 aliphatic rings. The fourth-order valence-corrected chi connectivity index (χ4v) is 2.01. The van der Waals surface area contributed by atoms with Crippen molar-refractivity contribution in [2.75, 3.05) is 5.73 Å². The van der Waals surface area contributed by atoms with Gasteiger partial charge in [0.05, 0.1) is 6.10 Å². The molecule has 4 heteroatoms. The summed E-state index contributed by atoms with van der Waals surface area (Å²) in [5, 5.41) is 10.2. The van der Waals surface area contributed by atoms with E-state index in [4.69, 9.17) is 5.73 Å². The molecule has 0 saturated carbocycles. The van der Waals surface area contributed by atoms with Crippen LogP contribution in [0, 0.1) is 12.7 Å². The van der Waals surface area contributed by atoms with E-state index in [9.17, 15) is 9.50 Å². The molecule has 1 unspecified atom stereocenters. The molecule has 2 rings (SSSR count). The van der Waals surface area contributed by atoms with Crippen molar-refractivity contribution in [2.45, 2.75) is 19.4 Å². The number of hydrogen-bond acceptors (Lipinski definition) is 3. The van der Waals surface area contributed by atoms with Gasteiger partial charge in [0.25, 0.3) is 0 Å². The van der Waals surface area contributed by atoms with E-state index in [1.54, 1.807) is 24.4 Å². The number of anilines is 1. The number of nitrogens with two attached hydrogens (primary N) is 1. The minimum absolute atomic E-state index is 0.310. The second kappa shape index (κ2) is 5.14. The molecule has 0 amide bonds. The molecule has 0 fully saturated rings. The lowest BCUT2D eigenvalue weighted by Crippen LogP contribution is -2.09. The molecule has 0 aliphatic heterocycles. The molecular weight excluding hydrogens is 231 g/mol. The molecule has 0 bridgehead atoms. The Morgan fingerprint density at radius 3 is 2.83 bits per heavy atom. The molecular formula is C14H15FN2O. The van der Waals surface area contributed by atoms with E-state index < -0.39 is 6.10 Å². The maximum atomic E-state index is 13.1. The van der Waals surface area contributed by atoms with Gasteiger partial charge in [-0.15, -0.1) is 0 Å². The highest BCUT2D eigenvalue weighted by Gasteiger charge is 2.15. The number of hydrogen-bond donors (Lipinski definition) is 2. The van der Waals surface area contributed by atoms with Crippen LogP contribution in [0.1, 0.15) is 22.8 Å². The number of halogens is 1. The van der Waals surface area contributed by atoms with Crippen LogP contribution in [-0.2, 0) is 6.42 Å². The first-order valence-corrected chi connectivity index (χ1v) is 5.71. The number of nitrogens with zero attached hydrogens (tertiary/aromatic N) is 1. The van der Waals surface area contributed by atoms with Crippen LogP contribution in [0.4, 0.5) is 10.2 Å². The van der Waals surface area contributed by atoms with Crippen molar-refractivity contribution >= 4 is 5.82 Å². The van der Waals surface area contributed by atoms with E-state index in [0.29, 0.717) is 17.8 Å². The van der Waals surface area contributed by atoms with Gasteiger partial charge in [-0.1, -0.05) is 12.1 Å². The maximum Gasteiger partial charge on any atom is 0.129 e. The molecule has 94 valence electrons. The number of aryl methyl sites for hydroxylation is 1. The van der Waals surface area contributed by atoms with Crippen molar-refractivity contribution in [1.29, 1.82) is 0 Å². The Bertz CT molecular complexity index is 537. The summed E-state index contributed by atoms with van der Waals surface area (Å²) >= 11 is 0. The topological polar surface area (TPSA) is 59.1 Å². The summed E-state index contributed by atoms with van der Waals surface area (Å²) in [6, 6.07) is 7.97. The quantitative estimate of drug-likeness (QED) is 0.874. The van der Waals surface area contributed by atoms with Gasteiger partial charge >= 0.3 is 0 Å². The largest absolute Gasteiger partial charge is 0.388 e. The summed E-state index contributed by atoms with van der Waals surface area (Å²) in [5.74, 6) is 0.00878. The molecule has 3 nitrogen and oxygen atoms in total. The highest BCUT2D eigenvalue weighted by Crippen LogP contribution is 2.25. The van der Waals surface area contributed by atoms with Crippen LogP contribution in [0.15, 0.2) is 36.5 Å². The molecule has 0 saturated heterocycles. The number of benzene rings is 1. The predicted molar refractivity (Wildman–Crippen MR) is 68.5 cm³/mol. The molecule has 1 atom stereocenters. The first-order chi connectivity index (χ1) is 8.58. The summed E-state index contributed by atoms with van der Waals surface area (Å²) in [6.45, 7) is 1.86. The Hall–Kier alpha value is -1.94. The van der Waals surface area contributed by atoms with Crippen LogP contribution in [0.25, 0.3) is 0 Å². The number of pyridine rings is 1. The second-order valence-electron chi connectivity index (χ2n) is 4.28. The fraction of sp³-hybridized carbons (Fsp3) is 0.214. The predicted octanol–water partition coefficient (Wildman–Crippen LogP) is 2.39. The molecule has 1 heterocycles. The van der Waals surface area contributed by atoms with Gasteiger partial charge < -0.3 is 10.8 Å². The van der Waals surface area contributed by atoms with Crippen molar-refractivity contribution in [1.82, 2.24) is 4.98 Å². The lowest BCUT2D eigenvalue weighted by atomic mass is 9.98. The SMILES string of the molecule is Cc1ccnc(N)c1C(O)Cc1cccc(F)c1. The van der Waals surface area contributed by atoms with Gasteiger partial charge in [0.1, 0.15) is 11.6 Å². The van der Waals surface area contributed by atoms with Gasteiger partial charge in [-0.3, -0.25) is 0 Å². The minimum atomic E-state index is -0.777. The van der Waals surface area contributed by atoms with Gasteiger partial charge in [0.15, 0.2) is 0 Å². The second-order valence-corrected chi connectivity index (χ2v) is 4.28. The third-order valence-corrected chi connectivity index (χ3v) is 2.89. The van der Waals surface area contributed by atoms with E-state index in [1.807, 2.05) is 6.92 Å². The molecule has 3 N–H and O–H groups in total. The smallest absolute Gasteiger partial charge is 0.129 e. The minimum Gasteiger partial charge on any atom is -0.388 e. The molecule has 0 radical (unpaired) electrons. The molecule has 1 aromatic heterocycles. The lowest BCUT2D eigenvalue weighted by molar-refractivity contribution is 0.178. The van der Waals surface area contributed by atoms with E-state index >= 15 is 0 Å².